The van der Waals surface area contributed by atoms with Crippen LogP contribution in [-0.4, -0.2) is 86.7 Å². The average molecular weight is 652 g/mol. The predicted molar refractivity (Wildman–Crippen MR) is 167 cm³/mol. The molecule has 6 rings (SSSR count). The summed E-state index contributed by atoms with van der Waals surface area (Å²) in [5.41, 5.74) is 14.6. The van der Waals surface area contributed by atoms with Crippen molar-refractivity contribution in [1.29, 1.82) is 0 Å². The van der Waals surface area contributed by atoms with Gasteiger partial charge in [-0.3, -0.25) is 14.4 Å². The number of phenolic OH excluding ortho intramolecular Hbond substituents is 2. The molecule has 250 valence electrons. The summed E-state index contributed by atoms with van der Waals surface area (Å²) >= 11 is 0. The van der Waals surface area contributed by atoms with Gasteiger partial charge in [-0.2, -0.15) is 0 Å². The second kappa shape index (κ2) is 12.9. The number of anilines is 2. The summed E-state index contributed by atoms with van der Waals surface area (Å²) in [5, 5.41) is 53.7. The van der Waals surface area contributed by atoms with Gasteiger partial charge in [0, 0.05) is 53.4 Å². The van der Waals surface area contributed by atoms with E-state index >= 15 is 0 Å². The lowest BCUT2D eigenvalue weighted by molar-refractivity contribution is -0.247. The van der Waals surface area contributed by atoms with Crippen molar-refractivity contribution in [3.63, 3.8) is 0 Å². The molecule has 0 radical (unpaired) electrons. The molecule has 0 aromatic heterocycles. The minimum absolute atomic E-state index is 0.0173. The molecule has 11 N–H and O–H groups in total. The number of phenols is 2. The van der Waals surface area contributed by atoms with Crippen LogP contribution in [0.3, 0.4) is 0 Å². The number of rotatable bonds is 5. The van der Waals surface area contributed by atoms with E-state index in [0.717, 1.165) is 11.4 Å². The zero-order chi connectivity index (χ0) is 34.4. The first-order valence-corrected chi connectivity index (χ1v) is 14.8. The lowest BCUT2D eigenvalue weighted by Crippen LogP contribution is -2.53. The van der Waals surface area contributed by atoms with Crippen LogP contribution in [0.5, 0.6) is 17.2 Å². The smallest absolute Gasteiger partial charge is 0.202 e. The third-order valence-electron chi connectivity index (χ3n) is 8.74. The number of carbonyl (C=O) groups is 3. The number of carbonyl (C=O) groups excluding carboxylic acids is 3. The molecule has 1 heterocycles. The number of ketones is 3. The molecule has 0 bridgehead atoms. The van der Waals surface area contributed by atoms with Crippen molar-refractivity contribution in [2.45, 2.75) is 62.4 Å². The third kappa shape index (κ3) is 6.02. The average Bonchev–Trinajstić information content (AvgIpc) is 3.04. The van der Waals surface area contributed by atoms with Crippen molar-refractivity contribution >= 4 is 28.7 Å². The van der Waals surface area contributed by atoms with E-state index < -0.39 is 95.7 Å². The lowest BCUT2D eigenvalue weighted by atomic mass is 9.72. The van der Waals surface area contributed by atoms with E-state index in [4.69, 9.17) is 31.4 Å². The molecule has 47 heavy (non-hydrogen) atoms. The van der Waals surface area contributed by atoms with E-state index in [1.165, 1.54) is 25.3 Å². The molecule has 0 unspecified atom stereocenters. The number of Topliss-reactive ketones (excluding diaryl/α,β-unsaturated/α-hetero) is 1. The molecule has 14 heteroatoms. The van der Waals surface area contributed by atoms with Gasteiger partial charge >= 0.3 is 0 Å². The maximum atomic E-state index is 13.6. The van der Waals surface area contributed by atoms with Crippen molar-refractivity contribution in [3.8, 4) is 17.2 Å². The zero-order valence-corrected chi connectivity index (χ0v) is 25.7. The van der Waals surface area contributed by atoms with Gasteiger partial charge in [0.05, 0.1) is 42.1 Å². The van der Waals surface area contributed by atoms with Crippen LogP contribution in [0.2, 0.25) is 0 Å². The highest BCUT2D eigenvalue weighted by atomic mass is 16.7. The number of benzene rings is 3. The van der Waals surface area contributed by atoms with Crippen molar-refractivity contribution in [3.05, 3.63) is 75.8 Å². The van der Waals surface area contributed by atoms with Crippen molar-refractivity contribution in [2.75, 3.05) is 25.2 Å². The summed E-state index contributed by atoms with van der Waals surface area (Å²) in [6.07, 6.45) is -5.12. The topological polar surface area (TPSA) is 258 Å². The quantitative estimate of drug-likeness (QED) is 0.110. The first kappa shape index (κ1) is 33.8. The number of fused-ring (bicyclic) bond motifs is 3. The van der Waals surface area contributed by atoms with Crippen LogP contribution in [-0.2, 0) is 20.7 Å². The van der Waals surface area contributed by atoms with Crippen LogP contribution in [0.15, 0.2) is 42.5 Å². The standard InChI is InChI=1S/C27H29NO11.C6H8N2/c1-10-22(31)13(28)6-17(38-10)39-15-8-27(36,16(30)9-29)7-12-19(15)26(35)21-20(24(12)33)23(32)11-4-3-5-14(37-2)18(11)25(21)34;7-5-1-2-6(8)4-3-5/h3-5,10,13,15,17,22,29,31,33,35-36H,6-9,28H2,1-2H3;1-4H,7-8H2/t10-,13-,15-,17-,22+,27-;/m0./s1. The third-order valence-corrected chi connectivity index (χ3v) is 8.74. The highest BCUT2D eigenvalue weighted by Gasteiger charge is 2.50. The van der Waals surface area contributed by atoms with E-state index in [0.29, 0.717) is 0 Å². The monoisotopic (exact) mass is 651 g/mol. The number of aliphatic hydroxyl groups is 3. The van der Waals surface area contributed by atoms with Crippen LogP contribution < -0.4 is 21.9 Å². The Bertz CT molecular complexity index is 1690. The van der Waals surface area contributed by atoms with Gasteiger partial charge in [-0.05, 0) is 37.3 Å². The lowest BCUT2D eigenvalue weighted by Gasteiger charge is -2.42. The number of nitrogen functional groups attached to an aromatic ring is 2. The maximum Gasteiger partial charge on any atom is 0.202 e. The SMILES string of the molecule is COc1cccc2c1C(=O)c1c(O)c3c(c(O)c1C2=O)C[C@@](O)(C(=O)CO)C[C@@H]3O[C@H]1C[C@H](N)[C@H](O)[C@H](C)O1.Nc1ccc(N)cc1. The normalized spacial score (nSPS) is 26.3. The molecular formula is C33H37N3O11. The molecule has 3 aromatic carbocycles. The molecule has 1 aliphatic heterocycles. The van der Waals surface area contributed by atoms with Gasteiger partial charge in [0.25, 0.3) is 0 Å². The summed E-state index contributed by atoms with van der Waals surface area (Å²) in [4.78, 5) is 39.7. The number of aromatic hydroxyl groups is 2. The van der Waals surface area contributed by atoms with Crippen molar-refractivity contribution in [2.24, 2.45) is 5.73 Å². The van der Waals surface area contributed by atoms with E-state index in [2.05, 4.69) is 0 Å². The highest BCUT2D eigenvalue weighted by molar-refractivity contribution is 6.31. The van der Waals surface area contributed by atoms with Crippen LogP contribution in [0.25, 0.3) is 0 Å². The van der Waals surface area contributed by atoms with Gasteiger partial charge in [0.1, 0.15) is 29.5 Å². The van der Waals surface area contributed by atoms with E-state index in [1.54, 1.807) is 31.2 Å². The Labute approximate surface area is 269 Å². The predicted octanol–water partition coefficient (Wildman–Crippen LogP) is 0.852. The summed E-state index contributed by atoms with van der Waals surface area (Å²) < 4.78 is 17.0. The summed E-state index contributed by atoms with van der Waals surface area (Å²) in [6, 6.07) is 10.7. The molecule has 1 saturated heterocycles. The molecule has 0 saturated carbocycles. The molecule has 0 spiro atoms. The number of ether oxygens (including phenoxy) is 3. The minimum Gasteiger partial charge on any atom is -0.507 e. The van der Waals surface area contributed by atoms with E-state index in [9.17, 15) is 39.9 Å². The van der Waals surface area contributed by atoms with Crippen LogP contribution in [0, 0.1) is 0 Å². The minimum atomic E-state index is -2.24. The number of aliphatic hydroxyl groups excluding tert-OH is 2. The first-order valence-electron chi connectivity index (χ1n) is 14.8. The maximum absolute atomic E-state index is 13.6. The largest absolute Gasteiger partial charge is 0.507 e. The second-order valence-corrected chi connectivity index (χ2v) is 11.8. The highest BCUT2D eigenvalue weighted by Crippen LogP contribution is 2.52. The number of hydrogen-bond acceptors (Lipinski definition) is 14. The number of hydrogen-bond donors (Lipinski definition) is 8. The van der Waals surface area contributed by atoms with Crippen LogP contribution in [0.1, 0.15) is 68.8 Å². The Morgan fingerprint density at radius 1 is 1.00 bits per heavy atom. The molecule has 0 amide bonds. The van der Waals surface area contributed by atoms with Crippen molar-refractivity contribution in [1.82, 2.24) is 0 Å². The van der Waals surface area contributed by atoms with Crippen molar-refractivity contribution < 1.29 is 54.1 Å². The second-order valence-electron chi connectivity index (χ2n) is 11.8. The Morgan fingerprint density at radius 2 is 1.62 bits per heavy atom. The molecule has 3 aliphatic rings. The first-order chi connectivity index (χ1) is 22.2. The summed E-state index contributed by atoms with van der Waals surface area (Å²) in [6.45, 7) is 0.560. The Balaban J connectivity index is 0.000000474. The van der Waals surface area contributed by atoms with Gasteiger partial charge in [-0.15, -0.1) is 0 Å². The molecule has 1 fully saturated rings. The molecule has 14 nitrogen and oxygen atoms in total. The Kier molecular flexibility index (Phi) is 9.28. The fraction of sp³-hybridized carbons (Fsp3) is 0.364. The fourth-order valence-electron chi connectivity index (χ4n) is 6.25. The van der Waals surface area contributed by atoms with Gasteiger partial charge < -0.3 is 56.9 Å². The fourth-order valence-corrected chi connectivity index (χ4v) is 6.25. The summed E-state index contributed by atoms with van der Waals surface area (Å²) in [5.74, 6) is -3.77. The van der Waals surface area contributed by atoms with E-state index in [1.807, 2.05) is 0 Å². The van der Waals surface area contributed by atoms with Gasteiger partial charge in [-0.25, -0.2) is 0 Å². The van der Waals surface area contributed by atoms with Gasteiger partial charge in [0.15, 0.2) is 17.9 Å². The number of nitrogens with two attached hydrogens (primary N) is 3. The van der Waals surface area contributed by atoms with E-state index in [-0.39, 0.29) is 34.4 Å². The Hall–Kier alpha value is -4.57. The van der Waals surface area contributed by atoms with Gasteiger partial charge in [-0.1, -0.05) is 12.1 Å². The molecule has 6 atom stereocenters. The molecule has 3 aromatic rings. The zero-order valence-electron chi connectivity index (χ0n) is 25.7. The molecular weight excluding hydrogens is 614 g/mol. The Morgan fingerprint density at radius 3 is 2.19 bits per heavy atom. The van der Waals surface area contributed by atoms with Crippen LogP contribution in [0.4, 0.5) is 11.4 Å². The summed E-state index contributed by atoms with van der Waals surface area (Å²) in [7, 11) is 1.32. The van der Waals surface area contributed by atoms with Crippen LogP contribution >= 0.6 is 0 Å². The number of methoxy groups -OCH3 is 1. The van der Waals surface area contributed by atoms with Gasteiger partial charge in [0.2, 0.25) is 5.78 Å². The molecule has 2 aliphatic carbocycles.